The van der Waals surface area contributed by atoms with Crippen molar-refractivity contribution < 1.29 is 0 Å². The number of fused-ring (bicyclic) bond motifs is 4. The summed E-state index contributed by atoms with van der Waals surface area (Å²) < 4.78 is 2.25. The maximum atomic E-state index is 4.97. The standard InChI is InChI=1S/C22H27N5.2ClH/c1-15(2)19-9-6-16(11-24-19)22-20(27-10-4-3-5-21(27)25-22)14-26-13-17-7-8-18(26)12-23-17;;/h3-6,9-11,15,17-18,23H,7-8,12-14H2,1-2H3;2*1H. The van der Waals surface area contributed by atoms with Crippen LogP contribution in [0.5, 0.6) is 0 Å². The largest absolute Gasteiger partial charge is 0.311 e. The molecule has 29 heavy (non-hydrogen) atoms. The molecule has 2 bridgehead atoms. The Bertz CT molecular complexity index is 945. The van der Waals surface area contributed by atoms with Gasteiger partial charge < -0.3 is 9.72 Å². The number of nitrogens with one attached hydrogen (secondary N) is 1. The molecule has 3 aliphatic heterocycles. The molecule has 2 unspecified atom stereocenters. The number of hydrogen-bond acceptors (Lipinski definition) is 4. The monoisotopic (exact) mass is 433 g/mol. The lowest BCUT2D eigenvalue weighted by atomic mass is 9.93. The zero-order valence-electron chi connectivity index (χ0n) is 16.9. The molecule has 3 aromatic rings. The molecule has 0 spiro atoms. The van der Waals surface area contributed by atoms with E-state index in [0.717, 1.165) is 42.2 Å². The van der Waals surface area contributed by atoms with Gasteiger partial charge in [0.1, 0.15) is 5.65 Å². The van der Waals surface area contributed by atoms with E-state index in [0.29, 0.717) is 18.0 Å². The molecule has 0 aromatic carbocycles. The van der Waals surface area contributed by atoms with E-state index in [9.17, 15) is 0 Å². The highest BCUT2D eigenvalue weighted by Crippen LogP contribution is 2.29. The summed E-state index contributed by atoms with van der Waals surface area (Å²) in [6, 6.07) is 11.8. The van der Waals surface area contributed by atoms with Crippen LogP contribution in [0.15, 0.2) is 42.7 Å². The minimum absolute atomic E-state index is 0. The Morgan fingerprint density at radius 3 is 2.62 bits per heavy atom. The lowest BCUT2D eigenvalue weighted by Crippen LogP contribution is -2.60. The Hall–Kier alpha value is -1.66. The molecule has 0 radical (unpaired) electrons. The summed E-state index contributed by atoms with van der Waals surface area (Å²) in [7, 11) is 0. The Balaban J connectivity index is 0.00000120. The molecule has 156 valence electrons. The second kappa shape index (κ2) is 9.00. The number of nitrogens with zero attached hydrogens (tertiary/aromatic N) is 4. The van der Waals surface area contributed by atoms with Crippen molar-refractivity contribution in [2.75, 3.05) is 13.1 Å². The number of halogens is 2. The van der Waals surface area contributed by atoms with E-state index in [4.69, 9.17) is 4.98 Å². The first kappa shape index (κ1) is 22.0. The van der Waals surface area contributed by atoms with Crippen LogP contribution in [0.4, 0.5) is 0 Å². The molecule has 0 aliphatic carbocycles. The molecule has 0 saturated carbocycles. The van der Waals surface area contributed by atoms with Gasteiger partial charge in [0.25, 0.3) is 0 Å². The molecule has 3 saturated heterocycles. The first-order valence-corrected chi connectivity index (χ1v) is 10.1. The molecule has 3 aliphatic rings. The van der Waals surface area contributed by atoms with Crippen molar-refractivity contribution in [2.24, 2.45) is 0 Å². The van der Waals surface area contributed by atoms with Crippen molar-refractivity contribution in [3.05, 3.63) is 54.1 Å². The molecule has 0 amide bonds. The highest BCUT2D eigenvalue weighted by Gasteiger charge is 2.34. The molecule has 2 atom stereocenters. The second-order valence-electron chi connectivity index (χ2n) is 8.23. The van der Waals surface area contributed by atoms with Gasteiger partial charge in [0.15, 0.2) is 0 Å². The summed E-state index contributed by atoms with van der Waals surface area (Å²) in [6.45, 7) is 7.54. The number of rotatable bonds is 4. The summed E-state index contributed by atoms with van der Waals surface area (Å²) >= 11 is 0. The predicted octanol–water partition coefficient (Wildman–Crippen LogP) is 4.30. The average molecular weight is 434 g/mol. The molecule has 1 N–H and O–H groups in total. The van der Waals surface area contributed by atoms with Gasteiger partial charge in [-0.2, -0.15) is 0 Å². The first-order valence-electron chi connectivity index (χ1n) is 10.1. The molecular formula is C22H29Cl2N5. The summed E-state index contributed by atoms with van der Waals surface area (Å²) in [5.74, 6) is 0.441. The van der Waals surface area contributed by atoms with Crippen LogP contribution in [0, 0.1) is 0 Å². The molecular weight excluding hydrogens is 405 g/mol. The number of piperidine rings is 2. The van der Waals surface area contributed by atoms with Crippen molar-refractivity contribution in [1.29, 1.82) is 0 Å². The molecule has 6 rings (SSSR count). The number of hydrogen-bond donors (Lipinski definition) is 1. The van der Waals surface area contributed by atoms with E-state index in [-0.39, 0.29) is 24.8 Å². The minimum Gasteiger partial charge on any atom is -0.311 e. The van der Waals surface area contributed by atoms with E-state index in [1.54, 1.807) is 0 Å². The van der Waals surface area contributed by atoms with Crippen LogP contribution in [0.25, 0.3) is 16.9 Å². The van der Waals surface area contributed by atoms with E-state index < -0.39 is 0 Å². The highest BCUT2D eigenvalue weighted by atomic mass is 35.5. The Morgan fingerprint density at radius 1 is 1.14 bits per heavy atom. The third kappa shape index (κ3) is 4.15. The lowest BCUT2D eigenvalue weighted by molar-refractivity contribution is 0.0674. The third-order valence-electron chi connectivity index (χ3n) is 6.09. The number of imidazole rings is 1. The second-order valence-corrected chi connectivity index (χ2v) is 8.23. The van der Waals surface area contributed by atoms with E-state index in [2.05, 4.69) is 70.0 Å². The third-order valence-corrected chi connectivity index (χ3v) is 6.09. The van der Waals surface area contributed by atoms with Crippen molar-refractivity contribution in [2.45, 2.75) is 51.2 Å². The van der Waals surface area contributed by atoms with Gasteiger partial charge in [-0.15, -0.1) is 24.8 Å². The van der Waals surface area contributed by atoms with Crippen LogP contribution in [-0.2, 0) is 6.54 Å². The van der Waals surface area contributed by atoms with E-state index in [1.165, 1.54) is 18.5 Å². The fourth-order valence-electron chi connectivity index (χ4n) is 4.50. The van der Waals surface area contributed by atoms with Gasteiger partial charge in [-0.3, -0.25) is 9.88 Å². The zero-order valence-corrected chi connectivity index (χ0v) is 18.5. The smallest absolute Gasteiger partial charge is 0.137 e. The zero-order chi connectivity index (χ0) is 18.4. The predicted molar refractivity (Wildman–Crippen MR) is 122 cm³/mol. The minimum atomic E-state index is 0. The van der Waals surface area contributed by atoms with Crippen molar-refractivity contribution in [3.8, 4) is 11.3 Å². The lowest BCUT2D eigenvalue weighted by Gasteiger charge is -2.46. The van der Waals surface area contributed by atoms with Crippen molar-refractivity contribution in [3.63, 3.8) is 0 Å². The van der Waals surface area contributed by atoms with Gasteiger partial charge >= 0.3 is 0 Å². The van der Waals surface area contributed by atoms with Crippen LogP contribution < -0.4 is 5.32 Å². The summed E-state index contributed by atoms with van der Waals surface area (Å²) in [4.78, 5) is 12.3. The summed E-state index contributed by atoms with van der Waals surface area (Å²) in [6.07, 6.45) is 6.73. The number of pyridine rings is 2. The maximum Gasteiger partial charge on any atom is 0.137 e. The Labute approximate surface area is 184 Å². The number of aromatic nitrogens is 3. The van der Waals surface area contributed by atoms with E-state index in [1.807, 2.05) is 6.20 Å². The van der Waals surface area contributed by atoms with Crippen molar-refractivity contribution in [1.82, 2.24) is 24.6 Å². The molecule has 7 heteroatoms. The Morgan fingerprint density at radius 2 is 2.00 bits per heavy atom. The normalized spacial score (nSPS) is 21.2. The van der Waals surface area contributed by atoms with Crippen molar-refractivity contribution >= 4 is 30.5 Å². The van der Waals surface area contributed by atoms with Gasteiger partial charge in [-0.05, 0) is 43.0 Å². The van der Waals surface area contributed by atoms with Gasteiger partial charge in [-0.25, -0.2) is 4.98 Å². The van der Waals surface area contributed by atoms with Gasteiger partial charge in [0.2, 0.25) is 0 Å². The van der Waals surface area contributed by atoms with Crippen LogP contribution >= 0.6 is 24.8 Å². The fraction of sp³-hybridized carbons (Fsp3) is 0.455. The molecule has 3 fully saturated rings. The number of piperazine rings is 1. The average Bonchev–Trinajstić information content (AvgIpc) is 3.07. The quantitative estimate of drug-likeness (QED) is 0.665. The Kier molecular flexibility index (Phi) is 6.84. The molecule has 3 aromatic heterocycles. The summed E-state index contributed by atoms with van der Waals surface area (Å²) in [5.41, 5.74) is 5.59. The van der Waals surface area contributed by atoms with Gasteiger partial charge in [-0.1, -0.05) is 19.9 Å². The molecule has 6 heterocycles. The first-order chi connectivity index (χ1) is 13.2. The highest BCUT2D eigenvalue weighted by molar-refractivity contribution is 5.85. The van der Waals surface area contributed by atoms with Gasteiger partial charge in [0.05, 0.1) is 11.4 Å². The van der Waals surface area contributed by atoms with E-state index >= 15 is 0 Å². The molecule has 5 nitrogen and oxygen atoms in total. The maximum absolute atomic E-state index is 4.97. The van der Waals surface area contributed by atoms with Gasteiger partial charge in [0, 0.05) is 55.4 Å². The fourth-order valence-corrected chi connectivity index (χ4v) is 4.50. The SMILES string of the molecule is CC(C)c1ccc(-c2nc3ccccn3c2CN2CC3CCC2CN3)cn1.Cl.Cl. The van der Waals surface area contributed by atoms with Crippen LogP contribution in [0.1, 0.15) is 44.0 Å². The van der Waals surface area contributed by atoms with Crippen LogP contribution in [0.3, 0.4) is 0 Å². The van der Waals surface area contributed by atoms with Crippen LogP contribution in [-0.4, -0.2) is 44.4 Å². The topological polar surface area (TPSA) is 45.5 Å². The summed E-state index contributed by atoms with van der Waals surface area (Å²) in [5, 5.41) is 3.65. The van der Waals surface area contributed by atoms with Crippen LogP contribution in [0.2, 0.25) is 0 Å².